The van der Waals surface area contributed by atoms with E-state index in [4.69, 9.17) is 0 Å². The summed E-state index contributed by atoms with van der Waals surface area (Å²) in [5.41, 5.74) is 13.0. The Balaban J connectivity index is 0.877. The smallest absolute Gasteiger partial charge is 0.0462 e. The van der Waals surface area contributed by atoms with Crippen LogP contribution in [0.1, 0.15) is 0 Å². The van der Waals surface area contributed by atoms with E-state index in [2.05, 4.69) is 254 Å². The van der Waals surface area contributed by atoms with E-state index in [0.717, 1.165) is 17.1 Å². The van der Waals surface area contributed by atoms with Gasteiger partial charge >= 0.3 is 0 Å². The Labute approximate surface area is 387 Å². The first kappa shape index (κ1) is 38.2. The van der Waals surface area contributed by atoms with E-state index in [9.17, 15) is 0 Å². The molecule has 12 aromatic carbocycles. The molecule has 0 saturated heterocycles. The molecule has 0 unspecified atom stereocenters. The average molecular weight is 856 g/mol. The second kappa shape index (κ2) is 15.7. The minimum absolute atomic E-state index is 1.10. The van der Waals surface area contributed by atoms with Gasteiger partial charge in [0.2, 0.25) is 0 Å². The van der Waals surface area contributed by atoms with Gasteiger partial charge in [0.25, 0.3) is 0 Å². The third-order valence-electron chi connectivity index (χ3n) is 13.5. The molecule has 0 aliphatic carbocycles. The molecule has 1 heterocycles. The predicted molar refractivity (Wildman–Crippen MR) is 286 cm³/mol. The first-order valence-electron chi connectivity index (χ1n) is 22.6. The van der Waals surface area contributed by atoms with Gasteiger partial charge in [0.15, 0.2) is 0 Å². The molecule has 13 rings (SSSR count). The maximum atomic E-state index is 2.37. The second-order valence-corrected chi connectivity index (χ2v) is 18.3. The molecule has 13 aromatic rings. The number of hydrogen-bond donors (Lipinski definition) is 0. The summed E-state index contributed by atoms with van der Waals surface area (Å²) in [6.45, 7) is 0. The van der Waals surface area contributed by atoms with Gasteiger partial charge in [0.1, 0.15) is 0 Å². The lowest BCUT2D eigenvalue weighted by atomic mass is 9.92. The quantitative estimate of drug-likeness (QED) is 0.144. The maximum Gasteiger partial charge on any atom is 0.0462 e. The molecule has 0 atom stereocenters. The van der Waals surface area contributed by atoms with Gasteiger partial charge in [-0.05, 0) is 148 Å². The molecule has 0 fully saturated rings. The number of hydrogen-bond acceptors (Lipinski definition) is 2. The standard InChI is InChI=1S/C64H41NS/c1-2-15-53-45(11-1)12-10-21-54(53)49-14-9-13-46(39-49)42-23-31-50(32-24-42)65(52-35-27-44(28-36-52)48-30-38-61-60-20-7-8-22-63(60)66-64(61)41-48)51-33-25-43(26-34-51)47-29-37-59-57-18-4-3-16-55(57)56-17-5-6-19-58(56)62(59)40-47/h1-41H. The maximum absolute atomic E-state index is 2.37. The van der Waals surface area contributed by atoms with Gasteiger partial charge in [0, 0.05) is 37.2 Å². The van der Waals surface area contributed by atoms with Crippen molar-refractivity contribution in [2.24, 2.45) is 0 Å². The lowest BCUT2D eigenvalue weighted by molar-refractivity contribution is 1.28. The molecule has 66 heavy (non-hydrogen) atoms. The highest BCUT2D eigenvalue weighted by Gasteiger charge is 2.16. The molecule has 1 aromatic heterocycles. The molecule has 1 nitrogen and oxygen atoms in total. The third kappa shape index (κ3) is 6.53. The Kier molecular flexibility index (Phi) is 9.11. The molecule has 0 aliphatic heterocycles. The fourth-order valence-electron chi connectivity index (χ4n) is 10.2. The van der Waals surface area contributed by atoms with Gasteiger partial charge in [0.05, 0.1) is 0 Å². The highest BCUT2D eigenvalue weighted by atomic mass is 32.1. The molecular weight excluding hydrogens is 815 g/mol. The summed E-state index contributed by atoms with van der Waals surface area (Å²) in [6, 6.07) is 91.4. The average Bonchev–Trinajstić information content (AvgIpc) is 3.77. The predicted octanol–water partition coefficient (Wildman–Crippen LogP) is 18.8. The Morgan fingerprint density at radius 3 is 1.26 bits per heavy atom. The van der Waals surface area contributed by atoms with Crippen molar-refractivity contribution in [2.75, 3.05) is 4.90 Å². The van der Waals surface area contributed by atoms with E-state index < -0.39 is 0 Å². The van der Waals surface area contributed by atoms with Crippen molar-refractivity contribution in [2.45, 2.75) is 0 Å². The first-order chi connectivity index (χ1) is 32.7. The SMILES string of the molecule is c1cc(-c2ccc(N(c3ccc(-c4ccc5c(c4)sc4ccccc45)cc3)c3ccc(-c4ccc5c6ccccc6c6ccccc6c5c4)cc3)cc2)cc(-c2cccc3ccccc23)c1. The molecule has 2 heteroatoms. The van der Waals surface area contributed by atoms with Gasteiger partial charge < -0.3 is 4.90 Å². The second-order valence-electron chi connectivity index (χ2n) is 17.2. The highest BCUT2D eigenvalue weighted by molar-refractivity contribution is 7.25. The number of thiophene rings is 1. The summed E-state index contributed by atoms with van der Waals surface area (Å²) in [4.78, 5) is 2.37. The molecule has 0 aliphatic rings. The fraction of sp³-hybridized carbons (Fsp3) is 0. The van der Waals surface area contributed by atoms with Crippen molar-refractivity contribution in [3.63, 3.8) is 0 Å². The summed E-state index contributed by atoms with van der Waals surface area (Å²) in [5.74, 6) is 0. The van der Waals surface area contributed by atoms with E-state index in [1.807, 2.05) is 11.3 Å². The number of nitrogens with zero attached hydrogens (tertiary/aromatic N) is 1. The molecule has 0 amide bonds. The van der Waals surface area contributed by atoms with Crippen molar-refractivity contribution >= 4 is 91.7 Å². The molecule has 0 bridgehead atoms. The van der Waals surface area contributed by atoms with Gasteiger partial charge in [-0.25, -0.2) is 0 Å². The van der Waals surface area contributed by atoms with E-state index >= 15 is 0 Å². The number of anilines is 3. The van der Waals surface area contributed by atoms with Crippen LogP contribution in [0.25, 0.3) is 108 Å². The van der Waals surface area contributed by atoms with Crippen LogP contribution in [0.5, 0.6) is 0 Å². The fourth-order valence-corrected chi connectivity index (χ4v) is 11.3. The van der Waals surface area contributed by atoms with Crippen molar-refractivity contribution in [1.82, 2.24) is 0 Å². The van der Waals surface area contributed by atoms with Crippen LogP contribution in [-0.2, 0) is 0 Å². The van der Waals surface area contributed by atoms with Crippen LogP contribution in [0.3, 0.4) is 0 Å². The number of rotatable bonds is 7. The Morgan fingerprint density at radius 1 is 0.227 bits per heavy atom. The Bertz CT molecular complexity index is 3930. The van der Waals surface area contributed by atoms with Crippen LogP contribution in [0.15, 0.2) is 249 Å². The van der Waals surface area contributed by atoms with Crippen molar-refractivity contribution < 1.29 is 0 Å². The zero-order valence-electron chi connectivity index (χ0n) is 36.0. The van der Waals surface area contributed by atoms with E-state index in [0.29, 0.717) is 0 Å². The summed E-state index contributed by atoms with van der Waals surface area (Å²) in [7, 11) is 0. The summed E-state index contributed by atoms with van der Waals surface area (Å²) < 4.78 is 2.64. The normalized spacial score (nSPS) is 11.6. The lowest BCUT2D eigenvalue weighted by Crippen LogP contribution is -2.09. The zero-order chi connectivity index (χ0) is 43.6. The number of benzene rings is 12. The van der Waals surface area contributed by atoms with E-state index in [1.165, 1.54) is 108 Å². The molecule has 0 radical (unpaired) electrons. The molecule has 0 saturated carbocycles. The molecule has 308 valence electrons. The number of fused-ring (bicyclic) bond motifs is 10. The molecule has 0 spiro atoms. The lowest BCUT2D eigenvalue weighted by Gasteiger charge is -2.26. The van der Waals surface area contributed by atoms with Crippen LogP contribution in [0.4, 0.5) is 17.1 Å². The highest BCUT2D eigenvalue weighted by Crippen LogP contribution is 2.42. The van der Waals surface area contributed by atoms with Gasteiger partial charge in [-0.1, -0.05) is 188 Å². The van der Waals surface area contributed by atoms with Crippen LogP contribution in [0, 0.1) is 0 Å². The van der Waals surface area contributed by atoms with Gasteiger partial charge in [-0.2, -0.15) is 0 Å². The largest absolute Gasteiger partial charge is 0.311 e. The molecular formula is C64H41NS. The van der Waals surface area contributed by atoms with Crippen molar-refractivity contribution in [3.05, 3.63) is 249 Å². The Hall–Kier alpha value is -8.30. The monoisotopic (exact) mass is 855 g/mol. The van der Waals surface area contributed by atoms with Crippen molar-refractivity contribution in [3.8, 4) is 44.5 Å². The van der Waals surface area contributed by atoms with Crippen LogP contribution < -0.4 is 4.90 Å². The van der Waals surface area contributed by atoms with Crippen LogP contribution in [0.2, 0.25) is 0 Å². The van der Waals surface area contributed by atoms with Crippen LogP contribution >= 0.6 is 11.3 Å². The summed E-state index contributed by atoms with van der Waals surface area (Å²) >= 11 is 1.86. The first-order valence-corrected chi connectivity index (χ1v) is 23.5. The van der Waals surface area contributed by atoms with Crippen molar-refractivity contribution in [1.29, 1.82) is 0 Å². The summed E-state index contributed by atoms with van der Waals surface area (Å²) in [5, 5.41) is 12.9. The van der Waals surface area contributed by atoms with Crippen LogP contribution in [-0.4, -0.2) is 0 Å². The minimum Gasteiger partial charge on any atom is -0.311 e. The minimum atomic E-state index is 1.10. The van der Waals surface area contributed by atoms with Gasteiger partial charge in [-0.3, -0.25) is 0 Å². The summed E-state index contributed by atoms with van der Waals surface area (Å²) in [6.07, 6.45) is 0. The zero-order valence-corrected chi connectivity index (χ0v) is 36.8. The Morgan fingerprint density at radius 2 is 0.636 bits per heavy atom. The van der Waals surface area contributed by atoms with E-state index in [1.54, 1.807) is 0 Å². The molecule has 0 N–H and O–H groups in total. The topological polar surface area (TPSA) is 3.24 Å². The third-order valence-corrected chi connectivity index (χ3v) is 14.6. The van der Waals surface area contributed by atoms with E-state index in [-0.39, 0.29) is 0 Å². The van der Waals surface area contributed by atoms with Gasteiger partial charge in [-0.15, -0.1) is 11.3 Å².